The lowest BCUT2D eigenvalue weighted by Crippen LogP contribution is -2.31. The molecule has 0 spiro atoms. The summed E-state index contributed by atoms with van der Waals surface area (Å²) >= 11 is 0. The van der Waals surface area contributed by atoms with Gasteiger partial charge in [0.25, 0.3) is 0 Å². The van der Waals surface area contributed by atoms with Gasteiger partial charge in [-0.05, 0) is 50.9 Å². The highest BCUT2D eigenvalue weighted by Gasteiger charge is 2.23. The number of aromatic carboxylic acids is 1. The predicted octanol–water partition coefficient (Wildman–Crippen LogP) is 0.975. The Bertz CT molecular complexity index is 1040. The Labute approximate surface area is 183 Å². The quantitative estimate of drug-likeness (QED) is 0.517. The summed E-state index contributed by atoms with van der Waals surface area (Å²) in [7, 11) is 7.02. The largest absolute Gasteiger partial charge is 0.476 e. The zero-order chi connectivity index (χ0) is 22.0. The van der Waals surface area contributed by atoms with Gasteiger partial charge in [0.1, 0.15) is 15.7 Å². The fraction of sp³-hybridized carbons (Fsp3) is 0.364. The molecule has 1 aromatic carbocycles. The average Bonchev–Trinajstić information content (AvgIpc) is 3.03. The van der Waals surface area contributed by atoms with Crippen LogP contribution >= 0.6 is 9.24 Å². The Morgan fingerprint density at radius 1 is 1.37 bits per heavy atom. The summed E-state index contributed by atoms with van der Waals surface area (Å²) in [6, 6.07) is 6.21. The second kappa shape index (κ2) is 9.26. The maximum absolute atomic E-state index is 11.9. The molecule has 2 unspecified atom stereocenters. The summed E-state index contributed by atoms with van der Waals surface area (Å²) in [6.07, 6.45) is 4.96. The molecule has 0 fully saturated rings. The van der Waals surface area contributed by atoms with Crippen LogP contribution in [0.25, 0.3) is 0 Å². The van der Waals surface area contributed by atoms with E-state index in [1.165, 1.54) is 27.4 Å². The number of nitrogens with zero attached hydrogens (tertiary/aromatic N) is 2. The van der Waals surface area contributed by atoms with Gasteiger partial charge in [-0.3, -0.25) is 4.68 Å². The highest BCUT2D eigenvalue weighted by atomic mass is 31.0. The van der Waals surface area contributed by atoms with Crippen molar-refractivity contribution in [2.24, 2.45) is 0 Å². The molecule has 2 atom stereocenters. The Hall–Kier alpha value is -2.26. The summed E-state index contributed by atoms with van der Waals surface area (Å²) in [6.45, 7) is 6.88. The number of carboxylic acid groups (broad SMARTS) is 1. The van der Waals surface area contributed by atoms with Crippen molar-refractivity contribution in [3.63, 3.8) is 0 Å². The van der Waals surface area contributed by atoms with Crippen molar-refractivity contribution in [2.75, 3.05) is 6.54 Å². The number of carboxylic acids is 1. The summed E-state index contributed by atoms with van der Waals surface area (Å²) in [5, 5.41) is 19.0. The van der Waals surface area contributed by atoms with Crippen molar-refractivity contribution >= 4 is 41.8 Å². The van der Waals surface area contributed by atoms with Crippen LogP contribution in [0.15, 0.2) is 40.9 Å². The molecule has 8 heteroatoms. The van der Waals surface area contributed by atoms with Gasteiger partial charge in [0.05, 0.1) is 6.04 Å². The van der Waals surface area contributed by atoms with E-state index in [4.69, 9.17) is 0 Å². The molecule has 0 saturated heterocycles. The third-order valence-corrected chi connectivity index (χ3v) is 7.05. The predicted molar refractivity (Wildman–Crippen MR) is 132 cm³/mol. The van der Waals surface area contributed by atoms with Crippen LogP contribution in [0, 0.1) is 6.92 Å². The highest BCUT2D eigenvalue weighted by Crippen LogP contribution is 2.28. The monoisotopic (exact) mass is 421 g/mol. The Morgan fingerprint density at radius 3 is 2.80 bits per heavy atom. The van der Waals surface area contributed by atoms with Crippen LogP contribution in [0.1, 0.15) is 60.0 Å². The normalized spacial score (nSPS) is 15.1. The lowest BCUT2D eigenvalue weighted by Gasteiger charge is -2.19. The van der Waals surface area contributed by atoms with Gasteiger partial charge in [0.2, 0.25) is 0 Å². The van der Waals surface area contributed by atoms with Crippen LogP contribution in [0.3, 0.4) is 0 Å². The SMILES string of the molecule is Bc1cccc(C(C)n2nc(C(=O)O)c(CCNC3=CCCC(C)=C3P)c2C)c1B. The number of aromatic nitrogens is 2. The molecule has 0 bridgehead atoms. The Balaban J connectivity index is 1.85. The third kappa shape index (κ3) is 4.41. The zero-order valence-electron chi connectivity index (χ0n) is 18.5. The molecule has 0 saturated carbocycles. The number of benzene rings is 1. The van der Waals surface area contributed by atoms with Crippen molar-refractivity contribution in [1.82, 2.24) is 15.1 Å². The van der Waals surface area contributed by atoms with Crippen molar-refractivity contribution in [3.05, 3.63) is 63.4 Å². The smallest absolute Gasteiger partial charge is 0.356 e. The van der Waals surface area contributed by atoms with Gasteiger partial charge >= 0.3 is 5.97 Å². The minimum Gasteiger partial charge on any atom is -0.476 e. The lowest BCUT2D eigenvalue weighted by atomic mass is 9.76. The van der Waals surface area contributed by atoms with Gasteiger partial charge < -0.3 is 10.4 Å². The zero-order valence-corrected chi connectivity index (χ0v) is 19.7. The highest BCUT2D eigenvalue weighted by molar-refractivity contribution is 7.23. The molecule has 0 aliphatic heterocycles. The molecule has 2 N–H and O–H groups in total. The molecule has 5 nitrogen and oxygen atoms in total. The topological polar surface area (TPSA) is 67.2 Å². The molecule has 1 heterocycles. The van der Waals surface area contributed by atoms with E-state index in [0.29, 0.717) is 13.0 Å². The Kier molecular flexibility index (Phi) is 6.92. The number of rotatable bonds is 7. The number of hydrogen-bond acceptors (Lipinski definition) is 3. The van der Waals surface area contributed by atoms with Crippen molar-refractivity contribution in [3.8, 4) is 0 Å². The van der Waals surface area contributed by atoms with Crippen molar-refractivity contribution in [1.29, 1.82) is 0 Å². The first-order chi connectivity index (χ1) is 14.2. The maximum Gasteiger partial charge on any atom is 0.356 e. The number of allylic oxidation sites excluding steroid dienone is 3. The minimum absolute atomic E-state index is 0.0324. The van der Waals surface area contributed by atoms with Crippen LogP contribution in [0.5, 0.6) is 0 Å². The van der Waals surface area contributed by atoms with Crippen molar-refractivity contribution in [2.45, 2.75) is 46.1 Å². The molecule has 1 aromatic heterocycles. The van der Waals surface area contributed by atoms with Gasteiger partial charge in [0, 0.05) is 23.5 Å². The van der Waals surface area contributed by atoms with Crippen LogP contribution in [0.2, 0.25) is 0 Å². The van der Waals surface area contributed by atoms with Gasteiger partial charge in [-0.1, -0.05) is 40.8 Å². The molecular weight excluding hydrogens is 391 g/mol. The van der Waals surface area contributed by atoms with E-state index in [-0.39, 0.29) is 11.7 Å². The second-order valence-corrected chi connectivity index (χ2v) is 8.73. The molecule has 156 valence electrons. The maximum atomic E-state index is 11.9. The number of nitrogens with one attached hydrogen (secondary N) is 1. The molecule has 1 aliphatic carbocycles. The molecule has 1 aliphatic rings. The van der Waals surface area contributed by atoms with Gasteiger partial charge in [-0.25, -0.2) is 4.79 Å². The lowest BCUT2D eigenvalue weighted by molar-refractivity contribution is 0.0688. The fourth-order valence-corrected chi connectivity index (χ4v) is 4.52. The fourth-order valence-electron chi connectivity index (χ4n) is 4.16. The summed E-state index contributed by atoms with van der Waals surface area (Å²) in [4.78, 5) is 11.9. The van der Waals surface area contributed by atoms with E-state index >= 15 is 0 Å². The average molecular weight is 421 g/mol. The molecule has 0 radical (unpaired) electrons. The first-order valence-electron chi connectivity index (χ1n) is 10.5. The van der Waals surface area contributed by atoms with E-state index in [0.717, 1.165) is 29.8 Å². The van der Waals surface area contributed by atoms with E-state index in [1.54, 1.807) is 0 Å². The first kappa shape index (κ1) is 22.4. The standard InChI is InChI=1S/C22H30B2N3O2P/c1-12-6-4-9-18(21(12)30)25-11-10-16-14(3)27(26-20(16)22(28)29)13(2)15-7-5-8-17(23)19(15)24/h5,7-9,13,25H,4,6,10-11,23-24,30H2,1-3H3,(H,28,29). The van der Waals surface area contributed by atoms with E-state index in [9.17, 15) is 9.90 Å². The van der Waals surface area contributed by atoms with Crippen molar-refractivity contribution < 1.29 is 9.90 Å². The summed E-state index contributed by atoms with van der Waals surface area (Å²) in [5.74, 6) is -0.973. The molecule has 2 aromatic rings. The molecular formula is C22H30B2N3O2P. The van der Waals surface area contributed by atoms with E-state index in [1.807, 2.05) is 17.7 Å². The first-order valence-corrected chi connectivity index (χ1v) is 11.1. The van der Waals surface area contributed by atoms with Crippen LogP contribution in [0.4, 0.5) is 0 Å². The second-order valence-electron chi connectivity index (χ2n) is 8.15. The van der Waals surface area contributed by atoms with Gasteiger partial charge in [-0.15, -0.1) is 9.24 Å². The van der Waals surface area contributed by atoms with Crippen LogP contribution < -0.4 is 16.2 Å². The van der Waals surface area contributed by atoms with Crippen LogP contribution in [-0.2, 0) is 6.42 Å². The number of hydrogen-bond donors (Lipinski definition) is 2. The molecule has 0 amide bonds. The number of carbonyl (C=O) groups is 1. The molecule has 3 rings (SSSR count). The van der Waals surface area contributed by atoms with Gasteiger partial charge in [-0.2, -0.15) is 5.10 Å². The van der Waals surface area contributed by atoms with Gasteiger partial charge in [0.15, 0.2) is 5.69 Å². The van der Waals surface area contributed by atoms with E-state index < -0.39 is 5.97 Å². The summed E-state index contributed by atoms with van der Waals surface area (Å²) in [5.41, 5.74) is 8.00. The third-order valence-electron chi connectivity index (χ3n) is 6.25. The minimum atomic E-state index is -0.973. The van der Waals surface area contributed by atoms with E-state index in [2.05, 4.69) is 67.4 Å². The van der Waals surface area contributed by atoms with Crippen LogP contribution in [-0.4, -0.2) is 43.1 Å². The summed E-state index contributed by atoms with van der Waals surface area (Å²) < 4.78 is 1.87. The molecule has 30 heavy (non-hydrogen) atoms. The Morgan fingerprint density at radius 2 is 2.10 bits per heavy atom.